The Morgan fingerprint density at radius 3 is 2.62 bits per heavy atom. The Labute approximate surface area is 76.9 Å². The summed E-state index contributed by atoms with van der Waals surface area (Å²) in [6.07, 6.45) is -0.521. The zero-order valence-corrected chi connectivity index (χ0v) is 7.67. The highest BCUT2D eigenvalue weighted by atomic mass is 32.2. The minimum absolute atomic E-state index is 0.0880. The monoisotopic (exact) mass is 224 g/mol. The molecular formula is C4H4N2O5S2. The molecular weight excluding hydrogens is 220 g/mol. The van der Waals surface area contributed by atoms with Crippen molar-refractivity contribution < 1.29 is 22.9 Å². The maximum Gasteiger partial charge on any atom is 0.315 e. The van der Waals surface area contributed by atoms with Crippen molar-refractivity contribution in [2.45, 2.75) is 11.4 Å². The lowest BCUT2D eigenvalue weighted by atomic mass is 10.4. The van der Waals surface area contributed by atoms with Gasteiger partial charge in [0.15, 0.2) is 0 Å². The van der Waals surface area contributed by atoms with Crippen LogP contribution in [0.1, 0.15) is 4.88 Å². The summed E-state index contributed by atoms with van der Waals surface area (Å²) in [5.74, 6) is -1.21. The Balaban J connectivity index is 3.11. The Hall–Kier alpha value is -1.06. The summed E-state index contributed by atoms with van der Waals surface area (Å²) in [6.45, 7) is 0. The Morgan fingerprint density at radius 1 is 1.54 bits per heavy atom. The maximum absolute atomic E-state index is 10.6. The van der Waals surface area contributed by atoms with Gasteiger partial charge in [-0.1, -0.05) is 4.49 Å². The number of aliphatic carboxylic acids is 1. The number of carboxylic acid groups (broad SMARTS) is 1. The van der Waals surface area contributed by atoms with E-state index in [1.807, 2.05) is 0 Å². The molecule has 1 rings (SSSR count). The van der Waals surface area contributed by atoms with Crippen molar-refractivity contribution in [3.8, 4) is 0 Å². The van der Waals surface area contributed by atoms with Gasteiger partial charge >= 0.3 is 16.1 Å². The first-order chi connectivity index (χ1) is 5.91. The summed E-state index contributed by atoms with van der Waals surface area (Å²) in [6, 6.07) is 0. The van der Waals surface area contributed by atoms with Crippen LogP contribution < -0.4 is 0 Å². The number of carbonyl (C=O) groups is 1. The third-order valence-corrected chi connectivity index (χ3v) is 2.74. The molecule has 0 bridgehead atoms. The minimum atomic E-state index is -4.46. The van der Waals surface area contributed by atoms with Crippen molar-refractivity contribution in [3.05, 3.63) is 4.88 Å². The number of aromatic nitrogens is 2. The number of hydrogen-bond acceptors (Lipinski definition) is 6. The van der Waals surface area contributed by atoms with Crippen LogP contribution in [0.3, 0.4) is 0 Å². The molecule has 13 heavy (non-hydrogen) atoms. The average Bonchev–Trinajstić information content (AvgIpc) is 2.31. The Bertz CT molecular complexity index is 421. The van der Waals surface area contributed by atoms with E-state index >= 15 is 0 Å². The van der Waals surface area contributed by atoms with Gasteiger partial charge in [0, 0.05) is 0 Å². The van der Waals surface area contributed by atoms with E-state index in [1.54, 1.807) is 0 Å². The molecule has 0 unspecified atom stereocenters. The standard InChI is InChI=1S/C4H4N2O5S2/c7-3(8)1-2-4(5-6-12-2)13(9,10)11/h1H2,(H,7,8)(H,9,10,11). The van der Waals surface area contributed by atoms with Crippen molar-refractivity contribution in [2.75, 3.05) is 0 Å². The van der Waals surface area contributed by atoms with Crippen molar-refractivity contribution >= 4 is 27.6 Å². The summed E-state index contributed by atoms with van der Waals surface area (Å²) in [5, 5.41) is 10.8. The first-order valence-corrected chi connectivity index (χ1v) is 5.13. The van der Waals surface area contributed by atoms with E-state index in [9.17, 15) is 13.2 Å². The van der Waals surface area contributed by atoms with Crippen molar-refractivity contribution in [1.82, 2.24) is 9.59 Å². The minimum Gasteiger partial charge on any atom is -0.481 e. The van der Waals surface area contributed by atoms with Crippen LogP contribution in [0.4, 0.5) is 0 Å². The SMILES string of the molecule is O=C(O)Cc1snnc1S(=O)(=O)O. The summed E-state index contributed by atoms with van der Waals surface area (Å²) in [4.78, 5) is 10.1. The van der Waals surface area contributed by atoms with Crippen LogP contribution in [0.2, 0.25) is 0 Å². The van der Waals surface area contributed by atoms with Gasteiger partial charge in [0.2, 0.25) is 5.03 Å². The van der Waals surface area contributed by atoms with E-state index < -0.39 is 27.5 Å². The Morgan fingerprint density at radius 2 is 2.15 bits per heavy atom. The van der Waals surface area contributed by atoms with Gasteiger partial charge < -0.3 is 5.11 Å². The van der Waals surface area contributed by atoms with E-state index in [1.165, 1.54) is 0 Å². The Kier molecular flexibility index (Phi) is 2.59. The number of rotatable bonds is 3. The lowest BCUT2D eigenvalue weighted by Crippen LogP contribution is -2.06. The van der Waals surface area contributed by atoms with Crippen molar-refractivity contribution in [3.63, 3.8) is 0 Å². The molecule has 2 N–H and O–H groups in total. The smallest absolute Gasteiger partial charge is 0.315 e. The van der Waals surface area contributed by atoms with Crippen LogP contribution in [0.5, 0.6) is 0 Å². The molecule has 0 saturated carbocycles. The topological polar surface area (TPSA) is 117 Å². The molecule has 0 fully saturated rings. The fraction of sp³-hybridized carbons (Fsp3) is 0.250. The van der Waals surface area contributed by atoms with E-state index in [0.717, 1.165) is 0 Å². The predicted molar refractivity (Wildman–Crippen MR) is 41.1 cm³/mol. The van der Waals surface area contributed by atoms with Gasteiger partial charge in [0.1, 0.15) is 0 Å². The molecule has 0 aromatic carbocycles. The number of nitrogens with zero attached hydrogens (tertiary/aromatic N) is 2. The zero-order chi connectivity index (χ0) is 10.1. The summed E-state index contributed by atoms with van der Waals surface area (Å²) in [5.41, 5.74) is 0. The molecule has 72 valence electrons. The quantitative estimate of drug-likeness (QED) is 0.659. The van der Waals surface area contributed by atoms with Gasteiger partial charge in [-0.15, -0.1) is 5.10 Å². The van der Waals surface area contributed by atoms with Gasteiger partial charge in [0.05, 0.1) is 11.3 Å². The second-order valence-corrected chi connectivity index (χ2v) is 4.22. The fourth-order valence-electron chi connectivity index (χ4n) is 0.642. The van der Waals surface area contributed by atoms with Crippen LogP contribution in [-0.4, -0.2) is 33.6 Å². The molecule has 0 spiro atoms. The van der Waals surface area contributed by atoms with Gasteiger partial charge in [0.25, 0.3) is 0 Å². The maximum atomic E-state index is 10.6. The predicted octanol–water partition coefficient (Wildman–Crippen LogP) is -0.588. The van der Waals surface area contributed by atoms with E-state index in [-0.39, 0.29) is 4.88 Å². The molecule has 9 heteroatoms. The van der Waals surface area contributed by atoms with Gasteiger partial charge in [-0.25, -0.2) is 0 Å². The molecule has 0 saturated heterocycles. The largest absolute Gasteiger partial charge is 0.481 e. The normalized spacial score (nSPS) is 11.5. The van der Waals surface area contributed by atoms with Crippen LogP contribution in [0.15, 0.2) is 5.03 Å². The molecule has 0 aliphatic rings. The summed E-state index contributed by atoms with van der Waals surface area (Å²) >= 11 is 0.624. The van der Waals surface area contributed by atoms with E-state index in [4.69, 9.17) is 9.66 Å². The van der Waals surface area contributed by atoms with Gasteiger partial charge in [-0.3, -0.25) is 9.35 Å². The van der Waals surface area contributed by atoms with Crippen LogP contribution in [0.25, 0.3) is 0 Å². The summed E-state index contributed by atoms with van der Waals surface area (Å²) < 4.78 is 32.9. The third kappa shape index (κ3) is 2.44. The second kappa shape index (κ2) is 3.36. The molecule has 0 amide bonds. The first-order valence-electron chi connectivity index (χ1n) is 2.92. The van der Waals surface area contributed by atoms with Crippen LogP contribution in [-0.2, 0) is 21.3 Å². The molecule has 1 aromatic rings. The van der Waals surface area contributed by atoms with E-state index in [0.29, 0.717) is 11.5 Å². The molecule has 0 aliphatic carbocycles. The highest BCUT2D eigenvalue weighted by Gasteiger charge is 2.21. The number of hydrogen-bond donors (Lipinski definition) is 2. The van der Waals surface area contributed by atoms with Gasteiger partial charge in [-0.2, -0.15) is 8.42 Å². The molecule has 0 aliphatic heterocycles. The highest BCUT2D eigenvalue weighted by molar-refractivity contribution is 7.85. The molecule has 7 nitrogen and oxygen atoms in total. The van der Waals surface area contributed by atoms with Crippen molar-refractivity contribution in [1.29, 1.82) is 0 Å². The zero-order valence-electron chi connectivity index (χ0n) is 6.04. The fourth-order valence-corrected chi connectivity index (χ4v) is 2.15. The van der Waals surface area contributed by atoms with Gasteiger partial charge in [-0.05, 0) is 11.5 Å². The average molecular weight is 224 g/mol. The molecule has 1 aromatic heterocycles. The molecule has 1 heterocycles. The lowest BCUT2D eigenvalue weighted by Gasteiger charge is -1.92. The molecule has 0 atom stereocenters. The highest BCUT2D eigenvalue weighted by Crippen LogP contribution is 2.16. The third-order valence-electron chi connectivity index (χ3n) is 1.08. The van der Waals surface area contributed by atoms with E-state index in [2.05, 4.69) is 9.59 Å². The van der Waals surface area contributed by atoms with Crippen molar-refractivity contribution in [2.24, 2.45) is 0 Å². The first kappa shape index (κ1) is 10.0. The molecule has 0 radical (unpaired) electrons. The summed E-state index contributed by atoms with van der Waals surface area (Å²) in [7, 11) is -4.46. The second-order valence-electron chi connectivity index (χ2n) is 2.05. The number of carboxylic acids is 1. The van der Waals surface area contributed by atoms with Crippen LogP contribution in [0, 0.1) is 0 Å². The van der Waals surface area contributed by atoms with Crippen LogP contribution >= 0.6 is 11.5 Å². The lowest BCUT2D eigenvalue weighted by molar-refractivity contribution is -0.136.